The molecule has 0 bridgehead atoms. The van der Waals surface area contributed by atoms with E-state index >= 15 is 0 Å². The molecule has 5 atom stereocenters. The smallest absolute Gasteiger partial charge is 0.303 e. The summed E-state index contributed by atoms with van der Waals surface area (Å²) in [5.74, 6) is -2.53. The molecule has 0 radical (unpaired) electrons. The van der Waals surface area contributed by atoms with Gasteiger partial charge in [0, 0.05) is 27.7 Å². The molecule has 1 saturated heterocycles. The Hall–Kier alpha value is -3.78. The van der Waals surface area contributed by atoms with E-state index < -0.39 is 54.6 Å². The van der Waals surface area contributed by atoms with Crippen LogP contribution in [-0.4, -0.2) is 72.5 Å². The molecule has 0 unspecified atom stereocenters. The second-order valence-corrected chi connectivity index (χ2v) is 7.93. The third kappa shape index (κ3) is 9.11. The number of carbonyl (C=O) groups excluding carboxylic acids is 4. The summed E-state index contributed by atoms with van der Waals surface area (Å²) in [4.78, 5) is 46.9. The second kappa shape index (κ2) is 13.3. The van der Waals surface area contributed by atoms with E-state index in [0.717, 1.165) is 20.8 Å². The summed E-state index contributed by atoms with van der Waals surface area (Å²) in [5, 5.41) is 3.86. The van der Waals surface area contributed by atoms with Gasteiger partial charge >= 0.3 is 23.9 Å². The molecule has 1 heterocycles. The van der Waals surface area contributed by atoms with E-state index in [0.29, 0.717) is 5.56 Å². The summed E-state index contributed by atoms with van der Waals surface area (Å²) in [7, 11) is 0. The Balaban J connectivity index is 2.36. The van der Waals surface area contributed by atoms with Crippen molar-refractivity contribution in [2.45, 2.75) is 58.4 Å². The lowest BCUT2D eigenvalue weighted by Gasteiger charge is -2.43. The Morgan fingerprint density at radius 1 is 0.944 bits per heavy atom. The fourth-order valence-corrected chi connectivity index (χ4v) is 3.27. The van der Waals surface area contributed by atoms with Crippen molar-refractivity contribution in [1.82, 2.24) is 5.43 Å². The number of rotatable bonds is 9. The predicted octanol–water partition coefficient (Wildman–Crippen LogP) is 0.316. The molecule has 0 amide bonds. The lowest BCUT2D eigenvalue weighted by Crippen LogP contribution is -2.63. The Morgan fingerprint density at radius 2 is 1.50 bits per heavy atom. The predicted molar refractivity (Wildman–Crippen MR) is 127 cm³/mol. The molecular weight excluding hydrogens is 498 g/mol. The van der Waals surface area contributed by atoms with Gasteiger partial charge in [-0.05, 0) is 42.0 Å². The third-order valence-electron chi connectivity index (χ3n) is 4.47. The van der Waals surface area contributed by atoms with Crippen molar-refractivity contribution in [3.05, 3.63) is 29.8 Å². The number of nitrogens with zero attached hydrogens (tertiary/aromatic N) is 1. The second-order valence-electron chi connectivity index (χ2n) is 7.49. The highest BCUT2D eigenvalue weighted by Gasteiger charge is 2.53. The van der Waals surface area contributed by atoms with Gasteiger partial charge in [-0.15, -0.1) is 0 Å². The minimum Gasteiger partial charge on any atom is -0.463 e. The van der Waals surface area contributed by atoms with Crippen LogP contribution in [0.5, 0.6) is 5.75 Å². The molecule has 13 nitrogen and oxygen atoms in total. The number of hydrogen-bond donors (Lipinski definition) is 2. The van der Waals surface area contributed by atoms with Crippen LogP contribution in [0, 0.1) is 0 Å². The molecule has 1 fully saturated rings. The van der Waals surface area contributed by atoms with E-state index in [1.807, 2.05) is 0 Å². The first-order valence-corrected chi connectivity index (χ1v) is 11.0. The van der Waals surface area contributed by atoms with Crippen LogP contribution < -0.4 is 15.9 Å². The Kier molecular flexibility index (Phi) is 10.5. The summed E-state index contributed by atoms with van der Waals surface area (Å²) < 4.78 is 32.9. The number of esters is 4. The van der Waals surface area contributed by atoms with E-state index in [9.17, 15) is 19.2 Å². The van der Waals surface area contributed by atoms with Crippen LogP contribution in [0.2, 0.25) is 0 Å². The van der Waals surface area contributed by atoms with Crippen molar-refractivity contribution in [1.29, 1.82) is 0 Å². The normalized spacial score (nSPS) is 23.3. The molecule has 1 aliphatic heterocycles. The van der Waals surface area contributed by atoms with Gasteiger partial charge in [0.25, 0.3) is 0 Å². The van der Waals surface area contributed by atoms with E-state index in [4.69, 9.17) is 34.2 Å². The van der Waals surface area contributed by atoms with Crippen LogP contribution in [-0.2, 0) is 42.9 Å². The maximum atomic E-state index is 11.9. The van der Waals surface area contributed by atoms with Gasteiger partial charge in [0.1, 0.15) is 18.5 Å². The molecule has 0 aliphatic carbocycles. The van der Waals surface area contributed by atoms with Crippen molar-refractivity contribution in [3.8, 4) is 5.75 Å². The van der Waals surface area contributed by atoms with Crippen LogP contribution >= 0.6 is 12.2 Å². The molecule has 3 N–H and O–H groups in total. The molecular formula is C22H27N3O10S. The molecule has 14 heteroatoms. The number of carbonyl (C=O) groups is 4. The SMILES string of the molecule is CC(=O)OC[C@H]1O[C@@H](Oc2ccc(/C=N/NC(N)=S)cc2)[C@H](OC(C)=O)[C@H](OC(C)=O)[C@@H]1OC(C)=O. The van der Waals surface area contributed by atoms with E-state index in [1.165, 1.54) is 13.1 Å². The van der Waals surface area contributed by atoms with Gasteiger partial charge in [-0.3, -0.25) is 24.6 Å². The molecule has 0 aromatic heterocycles. The number of benzene rings is 1. The highest BCUT2D eigenvalue weighted by Crippen LogP contribution is 2.31. The monoisotopic (exact) mass is 525 g/mol. The Morgan fingerprint density at radius 3 is 2.03 bits per heavy atom. The van der Waals surface area contributed by atoms with Gasteiger partial charge in [-0.1, -0.05) is 0 Å². The molecule has 196 valence electrons. The van der Waals surface area contributed by atoms with Gasteiger partial charge in [0.2, 0.25) is 12.4 Å². The zero-order valence-corrected chi connectivity index (χ0v) is 20.8. The number of nitrogens with one attached hydrogen (secondary N) is 1. The van der Waals surface area contributed by atoms with Crippen LogP contribution in [0.4, 0.5) is 0 Å². The first kappa shape index (κ1) is 28.5. The zero-order chi connectivity index (χ0) is 26.8. The van der Waals surface area contributed by atoms with Gasteiger partial charge in [-0.25, -0.2) is 0 Å². The van der Waals surface area contributed by atoms with Crippen molar-refractivity contribution in [2.75, 3.05) is 6.61 Å². The standard InChI is InChI=1S/C22H27N3O10S/c1-11(26)30-10-17-18(31-12(2)27)19(32-13(3)28)20(33-14(4)29)21(35-17)34-16-7-5-15(6-8-16)9-24-25-22(23)36/h5-9,17-21H,10H2,1-4H3,(H3,23,25,36)/b24-9+/t17-,18-,19-,20-,21-/m1/s1. The third-order valence-corrected chi connectivity index (χ3v) is 4.56. The molecule has 1 aromatic carbocycles. The van der Waals surface area contributed by atoms with E-state index in [1.54, 1.807) is 24.3 Å². The lowest BCUT2D eigenvalue weighted by atomic mass is 9.98. The van der Waals surface area contributed by atoms with Gasteiger partial charge < -0.3 is 34.2 Å². The van der Waals surface area contributed by atoms with Gasteiger partial charge in [-0.2, -0.15) is 5.10 Å². The maximum Gasteiger partial charge on any atom is 0.303 e. The molecule has 0 spiro atoms. The van der Waals surface area contributed by atoms with Crippen molar-refractivity contribution >= 4 is 47.4 Å². The maximum absolute atomic E-state index is 11.9. The summed E-state index contributed by atoms with van der Waals surface area (Å²) in [5.41, 5.74) is 8.41. The van der Waals surface area contributed by atoms with Crippen molar-refractivity contribution < 1.29 is 47.6 Å². The first-order valence-electron chi connectivity index (χ1n) is 10.6. The van der Waals surface area contributed by atoms with Crippen LogP contribution in [0.3, 0.4) is 0 Å². The number of hydrazone groups is 1. The molecule has 1 aliphatic rings. The van der Waals surface area contributed by atoms with Gasteiger partial charge in [0.05, 0.1) is 6.21 Å². The van der Waals surface area contributed by atoms with Crippen molar-refractivity contribution in [2.24, 2.45) is 10.8 Å². The molecule has 2 rings (SSSR count). The van der Waals surface area contributed by atoms with Crippen molar-refractivity contribution in [3.63, 3.8) is 0 Å². The molecule has 36 heavy (non-hydrogen) atoms. The highest BCUT2D eigenvalue weighted by molar-refractivity contribution is 7.80. The van der Waals surface area contributed by atoms with Crippen LogP contribution in [0.25, 0.3) is 0 Å². The Bertz CT molecular complexity index is 1000. The fraction of sp³-hybridized carbons (Fsp3) is 0.455. The summed E-state index contributed by atoms with van der Waals surface area (Å²) in [6, 6.07) is 6.48. The minimum atomic E-state index is -1.33. The average molecular weight is 526 g/mol. The van der Waals surface area contributed by atoms with Crippen LogP contribution in [0.1, 0.15) is 33.3 Å². The number of thiocarbonyl (C=S) groups is 1. The first-order chi connectivity index (χ1) is 17.0. The highest BCUT2D eigenvalue weighted by atomic mass is 32.1. The minimum absolute atomic E-state index is 0.00913. The van der Waals surface area contributed by atoms with E-state index in [-0.39, 0.29) is 17.5 Å². The summed E-state index contributed by atoms with van der Waals surface area (Å²) in [6.45, 7) is 4.24. The van der Waals surface area contributed by atoms with Crippen LogP contribution in [0.15, 0.2) is 29.4 Å². The largest absolute Gasteiger partial charge is 0.463 e. The zero-order valence-electron chi connectivity index (χ0n) is 20.0. The topological polar surface area (TPSA) is 174 Å². The Labute approximate surface area is 212 Å². The van der Waals surface area contributed by atoms with Gasteiger partial charge in [0.15, 0.2) is 17.3 Å². The summed E-state index contributed by atoms with van der Waals surface area (Å²) >= 11 is 4.67. The lowest BCUT2D eigenvalue weighted by molar-refractivity contribution is -0.288. The molecule has 1 aromatic rings. The number of nitrogens with two attached hydrogens (primary N) is 1. The number of ether oxygens (including phenoxy) is 6. The number of hydrogen-bond acceptors (Lipinski definition) is 12. The molecule has 0 saturated carbocycles. The van der Waals surface area contributed by atoms with E-state index in [2.05, 4.69) is 22.7 Å². The average Bonchev–Trinajstić information content (AvgIpc) is 2.76. The summed E-state index contributed by atoms with van der Waals surface area (Å²) in [6.07, 6.45) is -4.91. The fourth-order valence-electron chi connectivity index (χ4n) is 3.22. The quantitative estimate of drug-likeness (QED) is 0.148.